The highest BCUT2D eigenvalue weighted by Gasteiger charge is 2.16. The van der Waals surface area contributed by atoms with Crippen molar-refractivity contribution >= 4 is 0 Å². The quantitative estimate of drug-likeness (QED) is 0.766. The average Bonchev–Trinajstić information content (AvgIpc) is 2.42. The minimum absolute atomic E-state index is 0.294. The smallest absolute Gasteiger partial charge is 0.165 e. The molecule has 1 saturated heterocycles. The average molecular weight is 262 g/mol. The Morgan fingerprint density at radius 1 is 1.26 bits per heavy atom. The maximum atomic E-state index is 13.6. The molecule has 1 fully saturated rings. The Labute approximate surface area is 114 Å². The Balaban J connectivity index is 1.89. The van der Waals surface area contributed by atoms with Crippen LogP contribution in [0.5, 0.6) is 5.75 Å². The van der Waals surface area contributed by atoms with Gasteiger partial charge in [-0.25, -0.2) is 4.39 Å². The zero-order chi connectivity index (χ0) is 13.7. The number of methoxy groups -OCH3 is 1. The molecule has 19 heavy (non-hydrogen) atoms. The highest BCUT2D eigenvalue weighted by atomic mass is 19.1. The zero-order valence-electron chi connectivity index (χ0n) is 11.2. The van der Waals surface area contributed by atoms with Gasteiger partial charge < -0.3 is 4.74 Å². The summed E-state index contributed by atoms with van der Waals surface area (Å²) in [7, 11) is 1.47. The number of halogens is 1. The second kappa shape index (κ2) is 6.55. The van der Waals surface area contributed by atoms with E-state index in [1.54, 1.807) is 12.1 Å². The van der Waals surface area contributed by atoms with E-state index in [1.165, 1.54) is 7.11 Å². The lowest BCUT2D eigenvalue weighted by Crippen LogP contribution is -2.45. The predicted molar refractivity (Wildman–Crippen MR) is 73.5 cm³/mol. The minimum Gasteiger partial charge on any atom is -0.494 e. The lowest BCUT2D eigenvalue weighted by molar-refractivity contribution is 0.138. The second-order valence-corrected chi connectivity index (χ2v) is 4.73. The maximum Gasteiger partial charge on any atom is 0.165 e. The fourth-order valence-corrected chi connectivity index (χ4v) is 2.30. The first-order valence-corrected chi connectivity index (χ1v) is 6.43. The summed E-state index contributed by atoms with van der Waals surface area (Å²) in [5.74, 6) is 2.66. The third-order valence-electron chi connectivity index (χ3n) is 3.40. The SMILES string of the molecule is C#CCN1CCN(Cc2ccc(OC)c(F)c2)CC1. The number of hydrogen-bond donors (Lipinski definition) is 0. The van der Waals surface area contributed by atoms with Crippen LogP contribution in [0.25, 0.3) is 0 Å². The van der Waals surface area contributed by atoms with Crippen molar-refractivity contribution in [2.45, 2.75) is 6.54 Å². The number of benzene rings is 1. The summed E-state index contributed by atoms with van der Waals surface area (Å²) in [6.07, 6.45) is 5.30. The minimum atomic E-state index is -0.300. The standard InChI is InChI=1S/C15H19FN2O/c1-3-6-17-7-9-18(10-8-17)12-13-4-5-15(19-2)14(16)11-13/h1,4-5,11H,6-10,12H2,2H3. The highest BCUT2D eigenvalue weighted by Crippen LogP contribution is 2.19. The molecule has 1 aliphatic rings. The first-order valence-electron chi connectivity index (χ1n) is 6.43. The Hall–Kier alpha value is -1.57. The summed E-state index contributed by atoms with van der Waals surface area (Å²) in [4.78, 5) is 4.57. The Bertz CT molecular complexity index is 462. The molecule has 1 aromatic rings. The molecule has 0 atom stereocenters. The fraction of sp³-hybridized carbons (Fsp3) is 0.467. The van der Waals surface area contributed by atoms with Gasteiger partial charge in [-0.15, -0.1) is 6.42 Å². The summed E-state index contributed by atoms with van der Waals surface area (Å²) in [6.45, 7) is 5.37. The lowest BCUT2D eigenvalue weighted by Gasteiger charge is -2.33. The molecule has 0 unspecified atom stereocenters. The molecule has 2 rings (SSSR count). The fourth-order valence-electron chi connectivity index (χ4n) is 2.30. The van der Waals surface area contributed by atoms with Gasteiger partial charge in [-0.3, -0.25) is 9.80 Å². The first-order chi connectivity index (χ1) is 9.22. The molecule has 0 N–H and O–H groups in total. The van der Waals surface area contributed by atoms with Crippen LogP contribution in [0, 0.1) is 18.2 Å². The van der Waals surface area contributed by atoms with Crippen molar-refractivity contribution in [3.8, 4) is 18.1 Å². The molecular weight excluding hydrogens is 243 g/mol. The molecule has 0 bridgehead atoms. The number of rotatable bonds is 4. The molecule has 0 aromatic heterocycles. The predicted octanol–water partition coefficient (Wildman–Crippen LogP) is 1.59. The van der Waals surface area contributed by atoms with Crippen LogP contribution in [0.2, 0.25) is 0 Å². The van der Waals surface area contributed by atoms with Crippen LogP contribution >= 0.6 is 0 Å². The van der Waals surface area contributed by atoms with Gasteiger partial charge >= 0.3 is 0 Å². The largest absolute Gasteiger partial charge is 0.494 e. The van der Waals surface area contributed by atoms with Gasteiger partial charge in [-0.1, -0.05) is 12.0 Å². The van der Waals surface area contributed by atoms with E-state index in [9.17, 15) is 4.39 Å². The van der Waals surface area contributed by atoms with Gasteiger partial charge in [-0.2, -0.15) is 0 Å². The van der Waals surface area contributed by atoms with E-state index in [1.807, 2.05) is 6.07 Å². The van der Waals surface area contributed by atoms with Crippen LogP contribution in [0.1, 0.15) is 5.56 Å². The topological polar surface area (TPSA) is 15.7 Å². The van der Waals surface area contributed by atoms with Gasteiger partial charge in [0.25, 0.3) is 0 Å². The van der Waals surface area contributed by atoms with Gasteiger partial charge in [0.15, 0.2) is 11.6 Å². The van der Waals surface area contributed by atoms with E-state index in [-0.39, 0.29) is 5.82 Å². The molecule has 0 saturated carbocycles. The highest BCUT2D eigenvalue weighted by molar-refractivity contribution is 5.29. The second-order valence-electron chi connectivity index (χ2n) is 4.73. The van der Waals surface area contributed by atoms with Crippen LogP contribution < -0.4 is 4.74 Å². The maximum absolute atomic E-state index is 13.6. The Kier molecular flexibility index (Phi) is 4.78. The van der Waals surface area contributed by atoms with Crippen LogP contribution in [0.3, 0.4) is 0 Å². The van der Waals surface area contributed by atoms with E-state index in [0.717, 1.165) is 38.3 Å². The van der Waals surface area contributed by atoms with Gasteiger partial charge in [0.05, 0.1) is 13.7 Å². The monoisotopic (exact) mass is 262 g/mol. The van der Waals surface area contributed by atoms with Gasteiger partial charge in [0.1, 0.15) is 0 Å². The van der Waals surface area contributed by atoms with Crippen molar-refractivity contribution in [3.63, 3.8) is 0 Å². The van der Waals surface area contributed by atoms with Crippen molar-refractivity contribution < 1.29 is 9.13 Å². The van der Waals surface area contributed by atoms with Crippen molar-refractivity contribution in [1.82, 2.24) is 9.80 Å². The van der Waals surface area contributed by atoms with E-state index < -0.39 is 0 Å². The van der Waals surface area contributed by atoms with Crippen molar-refractivity contribution in [1.29, 1.82) is 0 Å². The van der Waals surface area contributed by atoms with Crippen LogP contribution in [0.15, 0.2) is 18.2 Å². The van der Waals surface area contributed by atoms with Gasteiger partial charge in [0, 0.05) is 32.7 Å². The van der Waals surface area contributed by atoms with Gasteiger partial charge in [0.2, 0.25) is 0 Å². The van der Waals surface area contributed by atoms with Gasteiger partial charge in [-0.05, 0) is 17.7 Å². The summed E-state index contributed by atoms with van der Waals surface area (Å²) >= 11 is 0. The molecular formula is C15H19FN2O. The summed E-state index contributed by atoms with van der Waals surface area (Å²) < 4.78 is 18.5. The van der Waals surface area contributed by atoms with E-state index in [2.05, 4.69) is 15.7 Å². The number of hydrogen-bond acceptors (Lipinski definition) is 3. The number of ether oxygens (including phenoxy) is 1. The summed E-state index contributed by atoms with van der Waals surface area (Å²) in [5, 5.41) is 0. The molecule has 1 aliphatic heterocycles. The summed E-state index contributed by atoms with van der Waals surface area (Å²) in [5.41, 5.74) is 0.976. The molecule has 3 nitrogen and oxygen atoms in total. The Morgan fingerprint density at radius 2 is 1.95 bits per heavy atom. The molecule has 102 valence electrons. The van der Waals surface area contributed by atoms with E-state index in [4.69, 9.17) is 11.2 Å². The third-order valence-corrected chi connectivity index (χ3v) is 3.40. The van der Waals surface area contributed by atoms with Crippen LogP contribution in [-0.4, -0.2) is 49.6 Å². The number of terminal acetylenes is 1. The molecule has 4 heteroatoms. The molecule has 0 spiro atoms. The number of nitrogens with zero attached hydrogens (tertiary/aromatic N) is 2. The zero-order valence-corrected chi connectivity index (χ0v) is 11.2. The first kappa shape index (κ1) is 13.9. The van der Waals surface area contributed by atoms with Crippen molar-refractivity contribution in [3.05, 3.63) is 29.6 Å². The Morgan fingerprint density at radius 3 is 2.53 bits per heavy atom. The van der Waals surface area contributed by atoms with Crippen LogP contribution in [0.4, 0.5) is 4.39 Å². The van der Waals surface area contributed by atoms with E-state index >= 15 is 0 Å². The van der Waals surface area contributed by atoms with E-state index in [0.29, 0.717) is 12.3 Å². The molecule has 1 heterocycles. The molecule has 0 radical (unpaired) electrons. The molecule has 0 amide bonds. The van der Waals surface area contributed by atoms with Crippen molar-refractivity contribution in [2.75, 3.05) is 39.8 Å². The lowest BCUT2D eigenvalue weighted by atomic mass is 10.2. The van der Waals surface area contributed by atoms with Crippen molar-refractivity contribution in [2.24, 2.45) is 0 Å². The van der Waals surface area contributed by atoms with Crippen LogP contribution in [-0.2, 0) is 6.54 Å². The third kappa shape index (κ3) is 3.69. The normalized spacial score (nSPS) is 17.1. The molecule has 1 aromatic carbocycles. The number of piperazine rings is 1. The summed E-state index contributed by atoms with van der Waals surface area (Å²) in [6, 6.07) is 5.14. The molecule has 0 aliphatic carbocycles.